The lowest BCUT2D eigenvalue weighted by molar-refractivity contribution is 0.495. The van der Waals surface area contributed by atoms with Gasteiger partial charge in [0.25, 0.3) is 0 Å². The zero-order valence-corrected chi connectivity index (χ0v) is 11.4. The standard InChI is InChI=1S/C17H17F2N/c1-11-9-15(19)13(10-14(11)18)16(20)17(7-8-17)12-5-3-2-4-6-12/h2-6,9-10,16H,7-8,20H2,1H3. The van der Waals surface area contributed by atoms with E-state index in [-0.39, 0.29) is 11.0 Å². The highest BCUT2D eigenvalue weighted by Gasteiger charge is 2.50. The van der Waals surface area contributed by atoms with Crippen LogP contribution in [0, 0.1) is 18.6 Å². The molecule has 3 rings (SSSR count). The monoisotopic (exact) mass is 273 g/mol. The van der Waals surface area contributed by atoms with Crippen LogP contribution in [0.5, 0.6) is 0 Å². The largest absolute Gasteiger partial charge is 0.323 e. The maximum atomic E-state index is 14.1. The Hall–Kier alpha value is -1.74. The molecule has 0 spiro atoms. The van der Waals surface area contributed by atoms with Gasteiger partial charge in [-0.25, -0.2) is 8.78 Å². The molecule has 0 amide bonds. The normalized spacial score (nSPS) is 17.8. The third-order valence-corrected chi connectivity index (χ3v) is 4.35. The van der Waals surface area contributed by atoms with Gasteiger partial charge in [0.05, 0.1) is 0 Å². The number of aryl methyl sites for hydroxylation is 1. The van der Waals surface area contributed by atoms with Gasteiger partial charge in [-0.05, 0) is 43.0 Å². The Morgan fingerprint density at radius 2 is 1.70 bits per heavy atom. The Labute approximate surface area is 117 Å². The molecule has 1 aliphatic carbocycles. The van der Waals surface area contributed by atoms with Crippen molar-refractivity contribution < 1.29 is 8.78 Å². The van der Waals surface area contributed by atoms with Gasteiger partial charge in [-0.3, -0.25) is 0 Å². The van der Waals surface area contributed by atoms with Crippen molar-refractivity contribution in [1.82, 2.24) is 0 Å². The maximum absolute atomic E-state index is 14.1. The van der Waals surface area contributed by atoms with E-state index in [0.717, 1.165) is 18.4 Å². The molecule has 1 fully saturated rings. The number of benzene rings is 2. The van der Waals surface area contributed by atoms with E-state index in [1.54, 1.807) is 6.92 Å². The molecule has 2 aromatic carbocycles. The first-order valence-corrected chi connectivity index (χ1v) is 6.81. The molecule has 1 saturated carbocycles. The number of rotatable bonds is 3. The van der Waals surface area contributed by atoms with Crippen molar-refractivity contribution in [3.63, 3.8) is 0 Å². The van der Waals surface area contributed by atoms with Gasteiger partial charge >= 0.3 is 0 Å². The topological polar surface area (TPSA) is 26.0 Å². The summed E-state index contributed by atoms with van der Waals surface area (Å²) in [7, 11) is 0. The molecule has 0 bridgehead atoms. The third-order valence-electron chi connectivity index (χ3n) is 4.35. The van der Waals surface area contributed by atoms with Gasteiger partial charge in [-0.15, -0.1) is 0 Å². The Balaban J connectivity index is 2.01. The molecule has 104 valence electrons. The predicted octanol–water partition coefficient (Wildman–Crippen LogP) is 4.00. The first-order valence-electron chi connectivity index (χ1n) is 6.81. The van der Waals surface area contributed by atoms with E-state index in [1.807, 2.05) is 30.3 Å². The maximum Gasteiger partial charge on any atom is 0.128 e. The molecule has 1 aliphatic rings. The molecule has 0 aromatic heterocycles. The highest BCUT2D eigenvalue weighted by atomic mass is 19.1. The summed E-state index contributed by atoms with van der Waals surface area (Å²) in [5, 5.41) is 0. The molecule has 0 heterocycles. The van der Waals surface area contributed by atoms with E-state index in [0.29, 0.717) is 5.56 Å². The first-order chi connectivity index (χ1) is 9.54. The molecule has 0 aliphatic heterocycles. The van der Waals surface area contributed by atoms with Crippen LogP contribution in [0.1, 0.15) is 35.6 Å². The second-order valence-corrected chi connectivity index (χ2v) is 5.62. The van der Waals surface area contributed by atoms with E-state index in [1.165, 1.54) is 12.1 Å². The molecular weight excluding hydrogens is 256 g/mol. The van der Waals surface area contributed by atoms with Crippen LogP contribution in [-0.4, -0.2) is 0 Å². The summed E-state index contributed by atoms with van der Waals surface area (Å²) < 4.78 is 27.8. The highest BCUT2D eigenvalue weighted by molar-refractivity contribution is 5.39. The Kier molecular flexibility index (Phi) is 3.09. The molecule has 20 heavy (non-hydrogen) atoms. The van der Waals surface area contributed by atoms with Crippen LogP contribution in [0.3, 0.4) is 0 Å². The summed E-state index contributed by atoms with van der Waals surface area (Å²) in [6.07, 6.45) is 1.82. The van der Waals surface area contributed by atoms with Crippen molar-refractivity contribution in [3.8, 4) is 0 Å². The van der Waals surface area contributed by atoms with Gasteiger partial charge in [0, 0.05) is 17.0 Å². The first kappa shape index (κ1) is 13.3. The van der Waals surface area contributed by atoms with E-state index < -0.39 is 17.7 Å². The van der Waals surface area contributed by atoms with E-state index >= 15 is 0 Å². The molecular formula is C17H17F2N. The van der Waals surface area contributed by atoms with Gasteiger partial charge in [-0.1, -0.05) is 30.3 Å². The van der Waals surface area contributed by atoms with Crippen molar-refractivity contribution in [2.45, 2.75) is 31.2 Å². The van der Waals surface area contributed by atoms with Crippen LogP contribution in [0.2, 0.25) is 0 Å². The van der Waals surface area contributed by atoms with Crippen LogP contribution in [0.25, 0.3) is 0 Å². The molecule has 1 nitrogen and oxygen atoms in total. The van der Waals surface area contributed by atoms with E-state index in [2.05, 4.69) is 0 Å². The van der Waals surface area contributed by atoms with Gasteiger partial charge in [0.2, 0.25) is 0 Å². The molecule has 1 unspecified atom stereocenters. The minimum Gasteiger partial charge on any atom is -0.323 e. The zero-order valence-electron chi connectivity index (χ0n) is 11.4. The van der Waals surface area contributed by atoms with Crippen LogP contribution >= 0.6 is 0 Å². The summed E-state index contributed by atoms with van der Waals surface area (Å²) in [6.45, 7) is 1.55. The van der Waals surface area contributed by atoms with Crippen molar-refractivity contribution >= 4 is 0 Å². The van der Waals surface area contributed by atoms with Crippen LogP contribution in [-0.2, 0) is 5.41 Å². The van der Waals surface area contributed by atoms with Gasteiger partial charge in [0.1, 0.15) is 11.6 Å². The number of hydrogen-bond donors (Lipinski definition) is 1. The smallest absolute Gasteiger partial charge is 0.128 e. The average Bonchev–Trinajstić information content (AvgIpc) is 3.25. The van der Waals surface area contributed by atoms with E-state index in [4.69, 9.17) is 5.73 Å². The van der Waals surface area contributed by atoms with Crippen molar-refractivity contribution in [1.29, 1.82) is 0 Å². The molecule has 0 radical (unpaired) electrons. The number of halogens is 2. The fraction of sp³-hybridized carbons (Fsp3) is 0.294. The van der Waals surface area contributed by atoms with Crippen LogP contribution in [0.15, 0.2) is 42.5 Å². The second kappa shape index (κ2) is 4.67. The minimum atomic E-state index is -0.514. The van der Waals surface area contributed by atoms with Crippen LogP contribution in [0.4, 0.5) is 8.78 Å². The summed E-state index contributed by atoms with van der Waals surface area (Å²) in [6, 6.07) is 11.8. The molecule has 2 aromatic rings. The van der Waals surface area contributed by atoms with E-state index in [9.17, 15) is 8.78 Å². The molecule has 2 N–H and O–H groups in total. The van der Waals surface area contributed by atoms with Crippen molar-refractivity contribution in [3.05, 3.63) is 70.8 Å². The molecule has 3 heteroatoms. The lowest BCUT2D eigenvalue weighted by Gasteiger charge is -2.25. The minimum absolute atomic E-state index is 0.246. The second-order valence-electron chi connectivity index (χ2n) is 5.62. The summed E-state index contributed by atoms with van der Waals surface area (Å²) in [5.74, 6) is -0.820. The van der Waals surface area contributed by atoms with Gasteiger partial charge in [0.15, 0.2) is 0 Å². The van der Waals surface area contributed by atoms with Crippen molar-refractivity contribution in [2.24, 2.45) is 5.73 Å². The number of hydrogen-bond acceptors (Lipinski definition) is 1. The van der Waals surface area contributed by atoms with Crippen molar-refractivity contribution in [2.75, 3.05) is 0 Å². The lowest BCUT2D eigenvalue weighted by atomic mass is 9.84. The average molecular weight is 273 g/mol. The fourth-order valence-electron chi connectivity index (χ4n) is 2.88. The Morgan fingerprint density at radius 3 is 2.30 bits per heavy atom. The summed E-state index contributed by atoms with van der Waals surface area (Å²) in [4.78, 5) is 0. The Morgan fingerprint density at radius 1 is 1.05 bits per heavy atom. The summed E-state index contributed by atoms with van der Waals surface area (Å²) >= 11 is 0. The predicted molar refractivity (Wildman–Crippen MR) is 75.4 cm³/mol. The molecule has 0 saturated heterocycles. The van der Waals surface area contributed by atoms with Gasteiger partial charge < -0.3 is 5.73 Å². The number of nitrogens with two attached hydrogens (primary N) is 1. The molecule has 1 atom stereocenters. The highest BCUT2D eigenvalue weighted by Crippen LogP contribution is 2.55. The summed E-state index contributed by atoms with van der Waals surface area (Å²) in [5.41, 5.74) is 7.72. The van der Waals surface area contributed by atoms with Crippen LogP contribution < -0.4 is 5.73 Å². The zero-order chi connectivity index (χ0) is 14.3. The SMILES string of the molecule is Cc1cc(F)c(C(N)C2(c3ccccc3)CC2)cc1F. The Bertz CT molecular complexity index is 633. The third kappa shape index (κ3) is 2.02. The fourth-order valence-corrected chi connectivity index (χ4v) is 2.88. The lowest BCUT2D eigenvalue weighted by Crippen LogP contribution is -2.27. The van der Waals surface area contributed by atoms with Gasteiger partial charge in [-0.2, -0.15) is 0 Å². The quantitative estimate of drug-likeness (QED) is 0.898.